The average molecular weight is 294 g/mol. The highest BCUT2D eigenvalue weighted by atomic mass is 32.1. The summed E-state index contributed by atoms with van der Waals surface area (Å²) in [5.41, 5.74) is -0.969. The van der Waals surface area contributed by atoms with Crippen LogP contribution < -0.4 is 5.32 Å². The molecule has 1 heterocycles. The summed E-state index contributed by atoms with van der Waals surface area (Å²) in [5.74, 6) is -1.06. The third-order valence-electron chi connectivity index (χ3n) is 3.06. The van der Waals surface area contributed by atoms with Crippen LogP contribution in [0, 0.1) is 24.2 Å². The van der Waals surface area contributed by atoms with E-state index in [2.05, 4.69) is 11.4 Å². The van der Waals surface area contributed by atoms with Crippen molar-refractivity contribution in [2.45, 2.75) is 33.2 Å². The molecule has 0 bridgehead atoms. The van der Waals surface area contributed by atoms with Crippen molar-refractivity contribution in [3.8, 4) is 6.07 Å². The van der Waals surface area contributed by atoms with Crippen molar-refractivity contribution in [2.75, 3.05) is 6.61 Å². The first kappa shape index (κ1) is 16.2. The molecule has 1 aromatic rings. The molecule has 0 aliphatic heterocycles. The summed E-state index contributed by atoms with van der Waals surface area (Å²) < 4.78 is 4.92. The van der Waals surface area contributed by atoms with Gasteiger partial charge in [0.2, 0.25) is 0 Å². The fraction of sp³-hybridized carbons (Fsp3) is 0.500. The van der Waals surface area contributed by atoms with Crippen LogP contribution in [0.5, 0.6) is 0 Å². The summed E-state index contributed by atoms with van der Waals surface area (Å²) in [6.45, 7) is 6.81. The number of nitrogens with zero attached hydrogens (tertiary/aromatic N) is 1. The third-order valence-corrected chi connectivity index (χ3v) is 4.04. The highest BCUT2D eigenvalue weighted by molar-refractivity contribution is 7.13. The molecule has 0 fully saturated rings. The molecule has 0 aromatic carbocycles. The van der Waals surface area contributed by atoms with Gasteiger partial charge in [-0.15, -0.1) is 11.3 Å². The molecule has 0 saturated heterocycles. The van der Waals surface area contributed by atoms with Gasteiger partial charge in [-0.2, -0.15) is 5.26 Å². The molecular formula is C14H18N2O3S. The minimum atomic E-state index is -0.969. The number of nitriles is 1. The van der Waals surface area contributed by atoms with Gasteiger partial charge in [0.25, 0.3) is 5.91 Å². The summed E-state index contributed by atoms with van der Waals surface area (Å²) in [7, 11) is 0. The van der Waals surface area contributed by atoms with E-state index in [1.54, 1.807) is 13.0 Å². The van der Waals surface area contributed by atoms with Crippen molar-refractivity contribution in [3.05, 3.63) is 21.9 Å². The lowest BCUT2D eigenvalue weighted by Gasteiger charge is -2.27. The van der Waals surface area contributed by atoms with E-state index in [4.69, 9.17) is 10.00 Å². The maximum atomic E-state index is 11.7. The smallest absolute Gasteiger partial charge is 0.348 e. The number of hydrogen-bond donors (Lipinski definition) is 1. The van der Waals surface area contributed by atoms with E-state index >= 15 is 0 Å². The summed E-state index contributed by atoms with van der Waals surface area (Å²) >= 11 is 1.31. The zero-order chi connectivity index (χ0) is 15.3. The summed E-state index contributed by atoms with van der Waals surface area (Å²) in [4.78, 5) is 24.9. The summed E-state index contributed by atoms with van der Waals surface area (Å²) in [6, 6.07) is 5.53. The van der Waals surface area contributed by atoms with Crippen LogP contribution in [0.3, 0.4) is 0 Å². The molecule has 0 aliphatic carbocycles. The van der Waals surface area contributed by atoms with Gasteiger partial charge in [0.1, 0.15) is 10.4 Å². The van der Waals surface area contributed by atoms with Crippen LogP contribution >= 0.6 is 11.3 Å². The van der Waals surface area contributed by atoms with Gasteiger partial charge in [0.15, 0.2) is 6.61 Å². The van der Waals surface area contributed by atoms with Crippen molar-refractivity contribution >= 4 is 23.2 Å². The highest BCUT2D eigenvalue weighted by Crippen LogP contribution is 2.17. The predicted molar refractivity (Wildman–Crippen MR) is 76.3 cm³/mol. The number of esters is 1. The molecule has 20 heavy (non-hydrogen) atoms. The third kappa shape index (κ3) is 4.07. The molecular weight excluding hydrogens is 276 g/mol. The lowest BCUT2D eigenvalue weighted by molar-refractivity contribution is -0.125. The first-order valence-electron chi connectivity index (χ1n) is 6.24. The van der Waals surface area contributed by atoms with E-state index in [0.29, 0.717) is 4.88 Å². The lowest BCUT2D eigenvalue weighted by Crippen LogP contribution is -2.50. The zero-order valence-electron chi connectivity index (χ0n) is 12.0. The Morgan fingerprint density at radius 2 is 2.15 bits per heavy atom. The van der Waals surface area contributed by atoms with E-state index in [-0.39, 0.29) is 12.5 Å². The molecule has 6 heteroatoms. The van der Waals surface area contributed by atoms with Crippen LogP contribution in [0.15, 0.2) is 12.1 Å². The molecule has 108 valence electrons. The van der Waals surface area contributed by atoms with Crippen molar-refractivity contribution in [1.29, 1.82) is 5.26 Å². The van der Waals surface area contributed by atoms with Crippen LogP contribution in [0.1, 0.15) is 35.3 Å². The molecule has 1 N–H and O–H groups in total. The van der Waals surface area contributed by atoms with Crippen molar-refractivity contribution in [2.24, 2.45) is 5.92 Å². The first-order chi connectivity index (χ1) is 9.28. The number of carbonyl (C=O) groups excluding carboxylic acids is 2. The van der Waals surface area contributed by atoms with Gasteiger partial charge in [0.05, 0.1) is 6.07 Å². The van der Waals surface area contributed by atoms with E-state index in [1.165, 1.54) is 11.3 Å². The molecule has 5 nitrogen and oxygen atoms in total. The van der Waals surface area contributed by atoms with Crippen molar-refractivity contribution < 1.29 is 14.3 Å². The van der Waals surface area contributed by atoms with Crippen LogP contribution in [-0.2, 0) is 9.53 Å². The number of aryl methyl sites for hydroxylation is 1. The minimum Gasteiger partial charge on any atom is -0.451 e. The van der Waals surface area contributed by atoms with Gasteiger partial charge in [-0.3, -0.25) is 4.79 Å². The van der Waals surface area contributed by atoms with E-state index < -0.39 is 17.4 Å². The number of hydrogen-bond acceptors (Lipinski definition) is 5. The molecule has 1 amide bonds. The van der Waals surface area contributed by atoms with Crippen LogP contribution in [-0.4, -0.2) is 24.0 Å². The number of nitrogens with one attached hydrogen (secondary N) is 1. The number of amides is 1. The fourth-order valence-corrected chi connectivity index (χ4v) is 2.13. The van der Waals surface area contributed by atoms with Crippen molar-refractivity contribution in [1.82, 2.24) is 5.32 Å². The Hall–Kier alpha value is -1.87. The number of rotatable bonds is 5. The minimum absolute atomic E-state index is 0.0490. The monoisotopic (exact) mass is 294 g/mol. The molecule has 1 unspecified atom stereocenters. The molecule has 1 rings (SSSR count). The Labute approximate surface area is 122 Å². The zero-order valence-corrected chi connectivity index (χ0v) is 12.8. The van der Waals surface area contributed by atoms with Crippen LogP contribution in [0.4, 0.5) is 0 Å². The molecule has 0 spiro atoms. The Morgan fingerprint density at radius 3 is 2.60 bits per heavy atom. The fourth-order valence-electron chi connectivity index (χ4n) is 1.37. The highest BCUT2D eigenvalue weighted by Gasteiger charge is 2.30. The standard InChI is InChI=1S/C14H18N2O3S/c1-9(2)14(4,8-15)16-12(17)7-19-13(18)11-6-5-10(3)20-11/h5-6,9H,7H2,1-4H3,(H,16,17). The van der Waals surface area contributed by atoms with Gasteiger partial charge >= 0.3 is 5.97 Å². The number of thiophene rings is 1. The molecule has 1 aromatic heterocycles. The van der Waals surface area contributed by atoms with Gasteiger partial charge in [-0.25, -0.2) is 4.79 Å². The lowest BCUT2D eigenvalue weighted by atomic mass is 9.90. The van der Waals surface area contributed by atoms with Crippen molar-refractivity contribution in [3.63, 3.8) is 0 Å². The topological polar surface area (TPSA) is 79.2 Å². The van der Waals surface area contributed by atoms with Gasteiger partial charge in [-0.1, -0.05) is 13.8 Å². The Morgan fingerprint density at radius 1 is 1.50 bits per heavy atom. The van der Waals surface area contributed by atoms with E-state index in [0.717, 1.165) is 4.88 Å². The Bertz CT molecular complexity index is 545. The average Bonchev–Trinajstić information content (AvgIpc) is 2.82. The van der Waals surface area contributed by atoms with E-state index in [1.807, 2.05) is 26.8 Å². The molecule has 0 aliphatic rings. The maximum absolute atomic E-state index is 11.7. The summed E-state index contributed by atoms with van der Waals surface area (Å²) in [5, 5.41) is 11.7. The summed E-state index contributed by atoms with van der Waals surface area (Å²) in [6.07, 6.45) is 0. The second-order valence-corrected chi connectivity index (χ2v) is 6.29. The van der Waals surface area contributed by atoms with Crippen LogP contribution in [0.25, 0.3) is 0 Å². The Balaban J connectivity index is 2.52. The van der Waals surface area contributed by atoms with Gasteiger partial charge in [-0.05, 0) is 31.9 Å². The molecule has 1 atom stereocenters. The molecule has 0 radical (unpaired) electrons. The number of carbonyl (C=O) groups is 2. The predicted octanol–water partition coefficient (Wildman–Crippen LogP) is 2.27. The quantitative estimate of drug-likeness (QED) is 0.845. The first-order valence-corrected chi connectivity index (χ1v) is 7.06. The Kier molecular flexibility index (Phi) is 5.28. The second-order valence-electron chi connectivity index (χ2n) is 5.00. The number of ether oxygens (including phenoxy) is 1. The second kappa shape index (κ2) is 6.53. The van der Waals surface area contributed by atoms with E-state index in [9.17, 15) is 9.59 Å². The van der Waals surface area contributed by atoms with Gasteiger partial charge < -0.3 is 10.1 Å². The largest absolute Gasteiger partial charge is 0.451 e. The van der Waals surface area contributed by atoms with Gasteiger partial charge in [0, 0.05) is 4.88 Å². The normalized spacial score (nSPS) is 13.4. The molecule has 0 saturated carbocycles. The maximum Gasteiger partial charge on any atom is 0.348 e. The van der Waals surface area contributed by atoms with Crippen LogP contribution in [0.2, 0.25) is 0 Å². The SMILES string of the molecule is Cc1ccc(C(=O)OCC(=O)NC(C)(C#N)C(C)C)s1.